The van der Waals surface area contributed by atoms with Crippen LogP contribution >= 0.6 is 12.1 Å². The number of halogens is 2. The molecule has 25 heavy (non-hydrogen) atoms. The SMILES string of the molecule is Fc1ccccc1N1SN(CCC2CNCCO2)c2c(F)cccc21. The van der Waals surface area contributed by atoms with Crippen molar-refractivity contribution >= 4 is 29.2 Å². The molecular weight excluding hydrogens is 344 g/mol. The third-order valence-electron chi connectivity index (χ3n) is 4.34. The van der Waals surface area contributed by atoms with Crippen LogP contribution in [-0.4, -0.2) is 32.3 Å². The van der Waals surface area contributed by atoms with E-state index in [2.05, 4.69) is 5.32 Å². The Morgan fingerprint density at radius 1 is 1.08 bits per heavy atom. The highest BCUT2D eigenvalue weighted by molar-refractivity contribution is 8.02. The molecule has 0 bridgehead atoms. The van der Waals surface area contributed by atoms with Crippen molar-refractivity contribution in [3.05, 3.63) is 54.1 Å². The van der Waals surface area contributed by atoms with Crippen molar-refractivity contribution in [2.45, 2.75) is 12.5 Å². The molecule has 1 saturated heterocycles. The van der Waals surface area contributed by atoms with E-state index in [1.807, 2.05) is 10.4 Å². The Labute approximate surface area is 150 Å². The summed E-state index contributed by atoms with van der Waals surface area (Å²) < 4.78 is 38.1. The molecule has 0 amide bonds. The van der Waals surface area contributed by atoms with Crippen molar-refractivity contribution < 1.29 is 13.5 Å². The van der Waals surface area contributed by atoms with Crippen LogP contribution in [0.4, 0.5) is 25.8 Å². The number of benzene rings is 2. The summed E-state index contributed by atoms with van der Waals surface area (Å²) in [5.74, 6) is -0.626. The molecule has 1 unspecified atom stereocenters. The minimum Gasteiger partial charge on any atom is -0.376 e. The second-order valence-electron chi connectivity index (χ2n) is 6.02. The molecule has 1 N–H and O–H groups in total. The van der Waals surface area contributed by atoms with E-state index < -0.39 is 0 Å². The van der Waals surface area contributed by atoms with Crippen molar-refractivity contribution in [2.24, 2.45) is 0 Å². The second kappa shape index (κ2) is 7.19. The molecular formula is C18H19F2N3OS. The summed E-state index contributed by atoms with van der Waals surface area (Å²) in [7, 11) is 0. The zero-order valence-corrected chi connectivity index (χ0v) is 14.4. The first kappa shape index (κ1) is 16.6. The molecule has 2 aliphatic rings. The van der Waals surface area contributed by atoms with Gasteiger partial charge in [0.05, 0.1) is 36.2 Å². The lowest BCUT2D eigenvalue weighted by Gasteiger charge is -2.26. The molecule has 2 aromatic rings. The number of morpholine rings is 1. The molecule has 4 rings (SSSR count). The van der Waals surface area contributed by atoms with Gasteiger partial charge >= 0.3 is 0 Å². The molecule has 0 aliphatic carbocycles. The van der Waals surface area contributed by atoms with Crippen molar-refractivity contribution in [2.75, 3.05) is 34.9 Å². The van der Waals surface area contributed by atoms with Gasteiger partial charge in [0, 0.05) is 19.6 Å². The Hall–Kier alpha value is -1.83. The first-order chi connectivity index (χ1) is 12.2. The summed E-state index contributed by atoms with van der Waals surface area (Å²) in [6.45, 7) is 2.99. The van der Waals surface area contributed by atoms with Gasteiger partial charge in [-0.2, -0.15) is 0 Å². The van der Waals surface area contributed by atoms with E-state index in [0.29, 0.717) is 30.2 Å². The molecule has 1 fully saturated rings. The Balaban J connectivity index is 1.59. The quantitative estimate of drug-likeness (QED) is 0.833. The van der Waals surface area contributed by atoms with Crippen LogP contribution < -0.4 is 13.9 Å². The van der Waals surface area contributed by atoms with Crippen LogP contribution in [0.2, 0.25) is 0 Å². The summed E-state index contributed by atoms with van der Waals surface area (Å²) in [6.07, 6.45) is 0.894. The van der Waals surface area contributed by atoms with Crippen LogP contribution in [-0.2, 0) is 4.74 Å². The second-order valence-corrected chi connectivity index (χ2v) is 6.99. The van der Waals surface area contributed by atoms with Gasteiger partial charge in [0.25, 0.3) is 0 Å². The lowest BCUT2D eigenvalue weighted by molar-refractivity contribution is 0.0254. The fourth-order valence-electron chi connectivity index (χ4n) is 3.11. The van der Waals surface area contributed by atoms with Crippen LogP contribution in [0.3, 0.4) is 0 Å². The Kier molecular flexibility index (Phi) is 4.78. The molecule has 4 nitrogen and oxygen atoms in total. The molecule has 0 aromatic heterocycles. The number of fused-ring (bicyclic) bond motifs is 1. The molecule has 0 saturated carbocycles. The summed E-state index contributed by atoms with van der Waals surface area (Å²) in [4.78, 5) is 0. The molecule has 1 atom stereocenters. The highest BCUT2D eigenvalue weighted by atomic mass is 32.2. The van der Waals surface area contributed by atoms with Gasteiger partial charge in [0.2, 0.25) is 0 Å². The monoisotopic (exact) mass is 363 g/mol. The standard InChI is InChI=1S/C18H19F2N3OS/c19-14-4-1-2-6-16(14)23-17-7-3-5-15(20)18(17)22(25-23)10-8-13-12-21-9-11-24-13/h1-7,13,21H,8-12H2. The summed E-state index contributed by atoms with van der Waals surface area (Å²) >= 11 is 1.32. The smallest absolute Gasteiger partial charge is 0.149 e. The van der Waals surface area contributed by atoms with Crippen LogP contribution in [0.5, 0.6) is 0 Å². The largest absolute Gasteiger partial charge is 0.376 e. The van der Waals surface area contributed by atoms with E-state index in [0.717, 1.165) is 19.5 Å². The van der Waals surface area contributed by atoms with Crippen molar-refractivity contribution in [3.8, 4) is 0 Å². The number of ether oxygens (including phenoxy) is 1. The number of para-hydroxylation sites is 2. The summed E-state index contributed by atoms with van der Waals surface area (Å²) in [6, 6.07) is 11.5. The van der Waals surface area contributed by atoms with Gasteiger partial charge < -0.3 is 10.1 Å². The molecule has 2 aliphatic heterocycles. The maximum Gasteiger partial charge on any atom is 0.149 e. The topological polar surface area (TPSA) is 27.7 Å². The first-order valence-electron chi connectivity index (χ1n) is 8.35. The number of anilines is 3. The lowest BCUT2D eigenvalue weighted by atomic mass is 10.2. The zero-order valence-electron chi connectivity index (χ0n) is 13.6. The number of hydrogen-bond donors (Lipinski definition) is 1. The normalized spacial score (nSPS) is 20.0. The molecule has 2 aromatic carbocycles. The molecule has 0 spiro atoms. The predicted octanol–water partition coefficient (Wildman–Crippen LogP) is 3.86. The van der Waals surface area contributed by atoms with E-state index in [9.17, 15) is 8.78 Å². The Morgan fingerprint density at radius 2 is 1.88 bits per heavy atom. The molecule has 2 heterocycles. The Morgan fingerprint density at radius 3 is 2.68 bits per heavy atom. The van der Waals surface area contributed by atoms with Crippen molar-refractivity contribution in [1.82, 2.24) is 5.32 Å². The first-order valence-corrected chi connectivity index (χ1v) is 9.08. The van der Waals surface area contributed by atoms with Gasteiger partial charge in [-0.3, -0.25) is 8.61 Å². The van der Waals surface area contributed by atoms with Crippen LogP contribution in [0.25, 0.3) is 0 Å². The van der Waals surface area contributed by atoms with E-state index >= 15 is 0 Å². The maximum absolute atomic E-state index is 14.5. The summed E-state index contributed by atoms with van der Waals surface area (Å²) in [5.41, 5.74) is 1.59. The van der Waals surface area contributed by atoms with E-state index in [1.165, 1.54) is 24.3 Å². The van der Waals surface area contributed by atoms with Gasteiger partial charge in [0.1, 0.15) is 17.3 Å². The fraction of sp³-hybridized carbons (Fsp3) is 0.333. The van der Waals surface area contributed by atoms with Gasteiger partial charge in [-0.25, -0.2) is 8.78 Å². The van der Waals surface area contributed by atoms with Gasteiger partial charge in [0.15, 0.2) is 0 Å². The van der Waals surface area contributed by atoms with Crippen molar-refractivity contribution in [3.63, 3.8) is 0 Å². The van der Waals surface area contributed by atoms with Crippen molar-refractivity contribution in [1.29, 1.82) is 0 Å². The van der Waals surface area contributed by atoms with Crippen LogP contribution in [0.15, 0.2) is 42.5 Å². The average molecular weight is 363 g/mol. The maximum atomic E-state index is 14.5. The average Bonchev–Trinajstić information content (AvgIpc) is 3.01. The Bertz CT molecular complexity index is 755. The number of nitrogens with zero attached hydrogens (tertiary/aromatic N) is 2. The van der Waals surface area contributed by atoms with E-state index in [1.54, 1.807) is 28.6 Å². The van der Waals surface area contributed by atoms with Crippen LogP contribution in [0.1, 0.15) is 6.42 Å². The third kappa shape index (κ3) is 3.31. The van der Waals surface area contributed by atoms with E-state index in [-0.39, 0.29) is 17.7 Å². The number of rotatable bonds is 4. The van der Waals surface area contributed by atoms with Gasteiger partial charge in [-0.05, 0) is 30.7 Å². The van der Waals surface area contributed by atoms with Gasteiger partial charge in [-0.15, -0.1) is 0 Å². The fourth-order valence-corrected chi connectivity index (χ4v) is 4.23. The summed E-state index contributed by atoms with van der Waals surface area (Å²) in [5, 5.41) is 3.30. The molecule has 7 heteroatoms. The van der Waals surface area contributed by atoms with Gasteiger partial charge in [-0.1, -0.05) is 18.2 Å². The highest BCUT2D eigenvalue weighted by Gasteiger charge is 2.33. The molecule has 132 valence electrons. The highest BCUT2D eigenvalue weighted by Crippen LogP contribution is 2.50. The van der Waals surface area contributed by atoms with Crippen LogP contribution in [0, 0.1) is 11.6 Å². The third-order valence-corrected chi connectivity index (χ3v) is 5.46. The predicted molar refractivity (Wildman–Crippen MR) is 97.1 cm³/mol. The number of hydrogen-bond acceptors (Lipinski definition) is 5. The molecule has 0 radical (unpaired) electrons. The van der Waals surface area contributed by atoms with E-state index in [4.69, 9.17) is 4.74 Å². The lowest BCUT2D eigenvalue weighted by Crippen LogP contribution is -2.39. The minimum absolute atomic E-state index is 0.118. The number of nitrogens with one attached hydrogen (secondary N) is 1. The minimum atomic E-state index is -0.327. The zero-order chi connectivity index (χ0) is 17.2.